The van der Waals surface area contributed by atoms with Crippen molar-refractivity contribution in [3.05, 3.63) is 23.7 Å². The first-order chi connectivity index (χ1) is 9.96. The number of piperidine rings is 1. The van der Waals surface area contributed by atoms with Gasteiger partial charge < -0.3 is 14.5 Å². The zero-order valence-corrected chi connectivity index (χ0v) is 13.9. The summed E-state index contributed by atoms with van der Waals surface area (Å²) in [4.78, 5) is 2.45. The third-order valence-corrected chi connectivity index (χ3v) is 3.85. The monoisotopic (exact) mass is 294 g/mol. The Morgan fingerprint density at radius 1 is 1.33 bits per heavy atom. The molecule has 21 heavy (non-hydrogen) atoms. The lowest BCUT2D eigenvalue weighted by Crippen LogP contribution is -2.36. The Morgan fingerprint density at radius 3 is 2.67 bits per heavy atom. The molecule has 1 aliphatic heterocycles. The van der Waals surface area contributed by atoms with Crippen molar-refractivity contribution in [1.82, 2.24) is 10.2 Å². The molecule has 1 N–H and O–H groups in total. The highest BCUT2D eigenvalue weighted by Gasteiger charge is 2.20. The van der Waals surface area contributed by atoms with Gasteiger partial charge in [0.25, 0.3) is 0 Å². The maximum Gasteiger partial charge on any atom is 0.118 e. The molecule has 4 heteroatoms. The third-order valence-electron chi connectivity index (χ3n) is 3.85. The van der Waals surface area contributed by atoms with Crippen LogP contribution in [-0.4, -0.2) is 36.2 Å². The second kappa shape index (κ2) is 7.43. The van der Waals surface area contributed by atoms with Gasteiger partial charge in [-0.25, -0.2) is 0 Å². The van der Waals surface area contributed by atoms with Gasteiger partial charge in [-0.1, -0.05) is 0 Å². The third kappa shape index (κ3) is 5.81. The zero-order valence-electron chi connectivity index (χ0n) is 13.9. The fraction of sp³-hybridized carbons (Fsp3) is 0.765. The van der Waals surface area contributed by atoms with Gasteiger partial charge in [0, 0.05) is 37.3 Å². The average molecular weight is 294 g/mol. The van der Waals surface area contributed by atoms with E-state index in [-0.39, 0.29) is 5.54 Å². The van der Waals surface area contributed by atoms with Crippen molar-refractivity contribution in [2.45, 2.75) is 65.3 Å². The standard InChI is InChI=1S/C17H30N2O2/c1-5-20-15-6-8-19(9-7-15)12-16-10-14(13-21-16)11-18-17(2,3)4/h10,13,15,18H,5-9,11-12H2,1-4H3. The molecule has 1 aliphatic rings. The van der Waals surface area contributed by atoms with Gasteiger partial charge in [0.1, 0.15) is 5.76 Å². The largest absolute Gasteiger partial charge is 0.468 e. The van der Waals surface area contributed by atoms with Gasteiger partial charge in [-0.15, -0.1) is 0 Å². The molecule has 120 valence electrons. The Labute approximate surface area is 128 Å². The molecule has 4 nitrogen and oxygen atoms in total. The van der Waals surface area contributed by atoms with Gasteiger partial charge in [-0.05, 0) is 46.6 Å². The minimum Gasteiger partial charge on any atom is -0.468 e. The van der Waals surface area contributed by atoms with Crippen LogP contribution >= 0.6 is 0 Å². The highest BCUT2D eigenvalue weighted by Crippen LogP contribution is 2.18. The van der Waals surface area contributed by atoms with Crippen molar-refractivity contribution in [3.63, 3.8) is 0 Å². The lowest BCUT2D eigenvalue weighted by Gasteiger charge is -2.30. The van der Waals surface area contributed by atoms with Crippen molar-refractivity contribution < 1.29 is 9.15 Å². The van der Waals surface area contributed by atoms with Crippen LogP contribution in [0.1, 0.15) is 51.9 Å². The van der Waals surface area contributed by atoms with Crippen LogP contribution in [0.25, 0.3) is 0 Å². The summed E-state index contributed by atoms with van der Waals surface area (Å²) in [6.07, 6.45) is 4.59. The number of furan rings is 1. The molecule has 1 aromatic heterocycles. The second-order valence-corrected chi connectivity index (χ2v) is 6.96. The minimum atomic E-state index is 0.137. The van der Waals surface area contributed by atoms with Crippen molar-refractivity contribution in [3.8, 4) is 0 Å². The minimum absolute atomic E-state index is 0.137. The van der Waals surface area contributed by atoms with E-state index in [0.717, 1.165) is 51.4 Å². The molecule has 0 amide bonds. The van der Waals surface area contributed by atoms with Crippen LogP contribution in [0.2, 0.25) is 0 Å². The highest BCUT2D eigenvalue weighted by atomic mass is 16.5. The van der Waals surface area contributed by atoms with E-state index in [4.69, 9.17) is 9.15 Å². The Bertz CT molecular complexity index is 415. The predicted octanol–water partition coefficient (Wildman–Crippen LogP) is 3.17. The van der Waals surface area contributed by atoms with E-state index >= 15 is 0 Å². The molecule has 1 saturated heterocycles. The van der Waals surface area contributed by atoms with Gasteiger partial charge in [0.05, 0.1) is 18.9 Å². The molecule has 0 aliphatic carbocycles. The number of nitrogens with one attached hydrogen (secondary N) is 1. The summed E-state index contributed by atoms with van der Waals surface area (Å²) < 4.78 is 11.4. The van der Waals surface area contributed by atoms with Crippen molar-refractivity contribution in [2.75, 3.05) is 19.7 Å². The molecule has 0 bridgehead atoms. The Morgan fingerprint density at radius 2 is 2.05 bits per heavy atom. The molecule has 2 rings (SSSR count). The molecule has 0 saturated carbocycles. The van der Waals surface area contributed by atoms with Crippen molar-refractivity contribution >= 4 is 0 Å². The maximum atomic E-state index is 5.69. The summed E-state index contributed by atoms with van der Waals surface area (Å²) in [6.45, 7) is 13.4. The molecular formula is C17H30N2O2. The molecule has 0 atom stereocenters. The average Bonchev–Trinajstić information content (AvgIpc) is 2.86. The summed E-state index contributed by atoms with van der Waals surface area (Å²) in [5.74, 6) is 1.07. The van der Waals surface area contributed by atoms with Crippen molar-refractivity contribution in [2.24, 2.45) is 0 Å². The fourth-order valence-electron chi connectivity index (χ4n) is 2.66. The van der Waals surface area contributed by atoms with Crippen LogP contribution in [-0.2, 0) is 17.8 Å². The van der Waals surface area contributed by atoms with Crippen molar-refractivity contribution in [1.29, 1.82) is 0 Å². The van der Waals surface area contributed by atoms with Gasteiger partial charge >= 0.3 is 0 Å². The number of ether oxygens (including phenoxy) is 1. The van der Waals surface area contributed by atoms with Crippen LogP contribution in [0, 0.1) is 0 Å². The molecule has 0 spiro atoms. The van der Waals surface area contributed by atoms with Gasteiger partial charge in [0.2, 0.25) is 0 Å². The Kier molecular flexibility index (Phi) is 5.85. The Hall–Kier alpha value is -0.840. The van der Waals surface area contributed by atoms with Crippen LogP contribution in [0.5, 0.6) is 0 Å². The number of nitrogens with zero attached hydrogens (tertiary/aromatic N) is 1. The molecule has 1 fully saturated rings. The van der Waals surface area contributed by atoms with E-state index in [9.17, 15) is 0 Å². The van der Waals surface area contributed by atoms with E-state index < -0.39 is 0 Å². The van der Waals surface area contributed by atoms with Gasteiger partial charge in [-0.3, -0.25) is 4.90 Å². The molecular weight excluding hydrogens is 264 g/mol. The quantitative estimate of drug-likeness (QED) is 0.874. The van der Waals surface area contributed by atoms with E-state index in [0.29, 0.717) is 6.10 Å². The summed E-state index contributed by atoms with van der Waals surface area (Å²) in [6, 6.07) is 2.17. The first-order valence-electron chi connectivity index (χ1n) is 8.11. The Balaban J connectivity index is 1.75. The normalized spacial score (nSPS) is 18.3. The predicted molar refractivity (Wildman–Crippen MR) is 85.2 cm³/mol. The molecule has 1 aromatic rings. The van der Waals surface area contributed by atoms with Crippen LogP contribution in [0.15, 0.2) is 16.7 Å². The molecule has 0 aromatic carbocycles. The number of hydrogen-bond donors (Lipinski definition) is 1. The van der Waals surface area contributed by atoms with E-state index in [1.807, 2.05) is 6.26 Å². The fourth-order valence-corrected chi connectivity index (χ4v) is 2.66. The smallest absolute Gasteiger partial charge is 0.118 e. The maximum absolute atomic E-state index is 5.69. The van der Waals surface area contributed by atoms with Crippen LogP contribution in [0.3, 0.4) is 0 Å². The second-order valence-electron chi connectivity index (χ2n) is 6.96. The van der Waals surface area contributed by atoms with Crippen LogP contribution in [0.4, 0.5) is 0 Å². The van der Waals surface area contributed by atoms with Crippen LogP contribution < -0.4 is 5.32 Å². The number of hydrogen-bond acceptors (Lipinski definition) is 4. The first-order valence-corrected chi connectivity index (χ1v) is 8.11. The molecule has 0 unspecified atom stereocenters. The zero-order chi connectivity index (χ0) is 15.3. The van der Waals surface area contributed by atoms with Gasteiger partial charge in [0.15, 0.2) is 0 Å². The van der Waals surface area contributed by atoms with E-state index in [2.05, 4.69) is 44.0 Å². The highest BCUT2D eigenvalue weighted by molar-refractivity contribution is 5.13. The SMILES string of the molecule is CCOC1CCN(Cc2cc(CNC(C)(C)C)co2)CC1. The topological polar surface area (TPSA) is 37.6 Å². The lowest BCUT2D eigenvalue weighted by molar-refractivity contribution is 0.0112. The summed E-state index contributed by atoms with van der Waals surface area (Å²) in [5.41, 5.74) is 1.36. The van der Waals surface area contributed by atoms with Gasteiger partial charge in [-0.2, -0.15) is 0 Å². The number of rotatable bonds is 6. The summed E-state index contributed by atoms with van der Waals surface area (Å²) in [7, 11) is 0. The molecule has 0 radical (unpaired) electrons. The molecule has 2 heterocycles. The van der Waals surface area contributed by atoms with E-state index in [1.54, 1.807) is 0 Å². The first kappa shape index (κ1) is 16.5. The lowest BCUT2D eigenvalue weighted by atomic mass is 10.1. The summed E-state index contributed by atoms with van der Waals surface area (Å²) in [5, 5.41) is 3.48. The van der Waals surface area contributed by atoms with E-state index in [1.165, 1.54) is 5.56 Å². The summed E-state index contributed by atoms with van der Waals surface area (Å²) >= 11 is 0. The number of likely N-dealkylation sites (tertiary alicyclic amines) is 1.